The van der Waals surface area contributed by atoms with Crippen LogP contribution >= 0.6 is 11.3 Å². The van der Waals surface area contributed by atoms with Gasteiger partial charge in [0.05, 0.1) is 6.26 Å². The molecule has 32 heavy (non-hydrogen) atoms. The summed E-state index contributed by atoms with van der Waals surface area (Å²) in [6, 6.07) is 16.2. The van der Waals surface area contributed by atoms with Crippen LogP contribution < -0.4 is 10.0 Å². The van der Waals surface area contributed by atoms with Crippen molar-refractivity contribution >= 4 is 32.4 Å². The summed E-state index contributed by atoms with van der Waals surface area (Å²) >= 11 is 1.18. The molecular weight excluding hydrogens is 453 g/mol. The number of amides is 1. The van der Waals surface area contributed by atoms with E-state index in [1.54, 1.807) is 41.8 Å². The molecule has 7 nitrogen and oxygen atoms in total. The van der Waals surface area contributed by atoms with Crippen molar-refractivity contribution in [2.24, 2.45) is 0 Å². The molecule has 2 N–H and O–H groups in total. The Morgan fingerprint density at radius 3 is 2.53 bits per heavy atom. The lowest BCUT2D eigenvalue weighted by atomic mass is 10.1. The van der Waals surface area contributed by atoms with Gasteiger partial charge in [-0.2, -0.15) is 4.72 Å². The van der Waals surface area contributed by atoms with Gasteiger partial charge in [-0.05, 0) is 36.2 Å². The first-order valence-corrected chi connectivity index (χ1v) is 11.9. The zero-order valence-electron chi connectivity index (χ0n) is 16.6. The summed E-state index contributed by atoms with van der Waals surface area (Å²) in [5.74, 6) is -0.973. The highest BCUT2D eigenvalue weighted by Crippen LogP contribution is 2.25. The van der Waals surface area contributed by atoms with E-state index in [2.05, 4.69) is 15.0 Å². The fourth-order valence-electron chi connectivity index (χ4n) is 3.01. The normalized spacial score (nSPS) is 12.4. The van der Waals surface area contributed by atoms with Gasteiger partial charge in [0.1, 0.15) is 22.4 Å². The molecular formula is C22H18FN3O4S2. The van der Waals surface area contributed by atoms with Crippen LogP contribution in [0.3, 0.4) is 0 Å². The Morgan fingerprint density at radius 1 is 1.06 bits per heavy atom. The molecule has 0 fully saturated rings. The third-order valence-corrected chi connectivity index (χ3v) is 6.79. The second-order valence-corrected chi connectivity index (χ2v) is 9.34. The largest absolute Gasteiger partial charge is 0.463 e. The van der Waals surface area contributed by atoms with Gasteiger partial charge in [-0.25, -0.2) is 17.8 Å². The molecule has 1 amide bonds. The van der Waals surface area contributed by atoms with Gasteiger partial charge < -0.3 is 9.73 Å². The highest BCUT2D eigenvalue weighted by atomic mass is 32.2. The number of furan rings is 1. The van der Waals surface area contributed by atoms with Crippen molar-refractivity contribution in [3.63, 3.8) is 0 Å². The quantitative estimate of drug-likeness (QED) is 0.403. The number of rotatable bonds is 8. The van der Waals surface area contributed by atoms with Crippen LogP contribution in [0.5, 0.6) is 0 Å². The molecule has 10 heteroatoms. The molecule has 0 bridgehead atoms. The molecule has 4 rings (SSSR count). The molecule has 0 aliphatic carbocycles. The fourth-order valence-corrected chi connectivity index (χ4v) is 4.99. The van der Waals surface area contributed by atoms with Crippen LogP contribution in [0.25, 0.3) is 11.5 Å². The Morgan fingerprint density at radius 2 is 1.81 bits per heavy atom. The number of thiazole rings is 1. The maximum atomic E-state index is 14.1. The molecule has 0 saturated heterocycles. The van der Waals surface area contributed by atoms with Crippen LogP contribution in [0.15, 0.2) is 87.7 Å². The van der Waals surface area contributed by atoms with Crippen LogP contribution in [-0.2, 0) is 21.2 Å². The molecule has 4 aromatic rings. The molecule has 0 saturated carbocycles. The molecule has 164 valence electrons. The first-order valence-electron chi connectivity index (χ1n) is 9.53. The standard InChI is InChI=1S/C22H18FN3O4S2/c23-16-9-4-5-11-20(16)32(28,29)26-17(13-15-7-2-1-3-8-15)21(27)25-22-24-18(14-31-22)19-10-6-12-30-19/h1-12,14,17,26H,13H2,(H,24,25,27). The highest BCUT2D eigenvalue weighted by molar-refractivity contribution is 7.89. The zero-order valence-corrected chi connectivity index (χ0v) is 18.2. The predicted molar refractivity (Wildman–Crippen MR) is 119 cm³/mol. The number of nitrogens with zero attached hydrogens (tertiary/aromatic N) is 1. The highest BCUT2D eigenvalue weighted by Gasteiger charge is 2.28. The Bertz CT molecular complexity index is 1310. The number of carbonyl (C=O) groups is 1. The minimum absolute atomic E-state index is 0.0662. The van der Waals surface area contributed by atoms with Gasteiger partial charge in [0.25, 0.3) is 0 Å². The van der Waals surface area contributed by atoms with Crippen LogP contribution in [0.1, 0.15) is 5.56 Å². The molecule has 2 aromatic carbocycles. The number of halogens is 1. The lowest BCUT2D eigenvalue weighted by molar-refractivity contribution is -0.117. The van der Waals surface area contributed by atoms with E-state index in [1.165, 1.54) is 29.7 Å². The molecule has 0 aliphatic rings. The SMILES string of the molecule is O=C(Nc1nc(-c2ccco2)cs1)C(Cc1ccccc1)NS(=O)(=O)c1ccccc1F. The summed E-state index contributed by atoms with van der Waals surface area (Å²) in [6.07, 6.45) is 1.58. The summed E-state index contributed by atoms with van der Waals surface area (Å²) in [7, 11) is -4.30. The van der Waals surface area contributed by atoms with E-state index < -0.39 is 32.7 Å². The maximum Gasteiger partial charge on any atom is 0.244 e. The number of hydrogen-bond acceptors (Lipinski definition) is 6. The molecule has 0 aliphatic heterocycles. The Labute approximate surface area is 188 Å². The van der Waals surface area contributed by atoms with E-state index in [0.717, 1.165) is 17.7 Å². The second-order valence-electron chi connectivity index (χ2n) is 6.80. The van der Waals surface area contributed by atoms with Crippen molar-refractivity contribution in [1.82, 2.24) is 9.71 Å². The summed E-state index contributed by atoms with van der Waals surface area (Å²) in [5.41, 5.74) is 1.28. The van der Waals surface area contributed by atoms with E-state index in [-0.39, 0.29) is 11.6 Å². The van der Waals surface area contributed by atoms with Gasteiger partial charge >= 0.3 is 0 Å². The van der Waals surface area contributed by atoms with Crippen LogP contribution in [-0.4, -0.2) is 25.4 Å². The lowest BCUT2D eigenvalue weighted by Gasteiger charge is -2.18. The van der Waals surface area contributed by atoms with Crippen molar-refractivity contribution in [3.05, 3.63) is 89.8 Å². The number of carbonyl (C=O) groups excluding carboxylic acids is 1. The Balaban J connectivity index is 1.57. The van der Waals surface area contributed by atoms with Gasteiger partial charge in [-0.3, -0.25) is 4.79 Å². The number of nitrogens with one attached hydrogen (secondary N) is 2. The van der Waals surface area contributed by atoms with Crippen molar-refractivity contribution in [2.45, 2.75) is 17.4 Å². The number of sulfonamides is 1. The first kappa shape index (κ1) is 21.9. The minimum atomic E-state index is -4.30. The van der Waals surface area contributed by atoms with Crippen molar-refractivity contribution in [3.8, 4) is 11.5 Å². The molecule has 2 aromatic heterocycles. The summed E-state index contributed by atoms with van der Waals surface area (Å²) in [5, 5.41) is 4.63. The fraction of sp³-hybridized carbons (Fsp3) is 0.0909. The number of anilines is 1. The van der Waals surface area contributed by atoms with E-state index in [4.69, 9.17) is 4.42 Å². The number of hydrogen-bond donors (Lipinski definition) is 2. The van der Waals surface area contributed by atoms with E-state index >= 15 is 0 Å². The van der Waals surface area contributed by atoms with E-state index in [0.29, 0.717) is 11.5 Å². The van der Waals surface area contributed by atoms with Gasteiger partial charge in [-0.1, -0.05) is 42.5 Å². The first-order chi connectivity index (χ1) is 15.4. The summed E-state index contributed by atoms with van der Waals surface area (Å²) < 4.78 is 47.4. The van der Waals surface area contributed by atoms with Crippen molar-refractivity contribution < 1.29 is 22.0 Å². The smallest absolute Gasteiger partial charge is 0.244 e. The van der Waals surface area contributed by atoms with Gasteiger partial charge in [-0.15, -0.1) is 11.3 Å². The van der Waals surface area contributed by atoms with E-state index in [9.17, 15) is 17.6 Å². The van der Waals surface area contributed by atoms with Gasteiger partial charge in [0.15, 0.2) is 10.9 Å². The van der Waals surface area contributed by atoms with Crippen LogP contribution in [0.2, 0.25) is 0 Å². The number of benzene rings is 2. The second kappa shape index (κ2) is 9.43. The van der Waals surface area contributed by atoms with Crippen molar-refractivity contribution in [1.29, 1.82) is 0 Å². The van der Waals surface area contributed by atoms with Gasteiger partial charge in [0.2, 0.25) is 15.9 Å². The predicted octanol–water partition coefficient (Wildman–Crippen LogP) is 4.07. The Kier molecular flexibility index (Phi) is 6.45. The topological polar surface area (TPSA) is 101 Å². The maximum absolute atomic E-state index is 14.1. The third kappa shape index (κ3) is 5.10. The molecule has 2 heterocycles. The van der Waals surface area contributed by atoms with Crippen LogP contribution in [0.4, 0.5) is 9.52 Å². The third-order valence-electron chi connectivity index (χ3n) is 4.53. The summed E-state index contributed by atoms with van der Waals surface area (Å²) in [4.78, 5) is 16.8. The number of aromatic nitrogens is 1. The molecule has 0 spiro atoms. The van der Waals surface area contributed by atoms with Crippen LogP contribution in [0, 0.1) is 5.82 Å². The van der Waals surface area contributed by atoms with Crippen molar-refractivity contribution in [2.75, 3.05) is 5.32 Å². The van der Waals surface area contributed by atoms with Gasteiger partial charge in [0, 0.05) is 5.38 Å². The average molecular weight is 472 g/mol. The average Bonchev–Trinajstić information content (AvgIpc) is 3.46. The summed E-state index contributed by atoms with van der Waals surface area (Å²) in [6.45, 7) is 0. The molecule has 0 radical (unpaired) electrons. The molecule has 1 atom stereocenters. The minimum Gasteiger partial charge on any atom is -0.463 e. The monoisotopic (exact) mass is 471 g/mol. The zero-order chi connectivity index (χ0) is 22.6. The lowest BCUT2D eigenvalue weighted by Crippen LogP contribution is -2.45. The Hall–Kier alpha value is -3.34. The van der Waals surface area contributed by atoms with E-state index in [1.807, 2.05) is 6.07 Å². The molecule has 1 unspecified atom stereocenters.